The van der Waals surface area contributed by atoms with Crippen LogP contribution in [0.15, 0.2) is 30.6 Å². The molecule has 0 spiro atoms. The van der Waals surface area contributed by atoms with Gasteiger partial charge in [-0.05, 0) is 12.1 Å². The minimum Gasteiger partial charge on any atom is -0.238 e. The molecule has 0 saturated carbocycles. The minimum absolute atomic E-state index is 0.884. The van der Waals surface area contributed by atoms with Crippen molar-refractivity contribution < 1.29 is 9.88 Å². The summed E-state index contributed by atoms with van der Waals surface area (Å²) in [5, 5.41) is 0. The second-order valence-electron chi connectivity index (χ2n) is 2.30. The van der Waals surface area contributed by atoms with Gasteiger partial charge in [0.1, 0.15) is 11.8 Å². The average Bonchev–Trinajstić information content (AvgIpc) is 2.50. The van der Waals surface area contributed by atoms with Crippen LogP contribution in [0, 0.1) is 0 Å². The fourth-order valence-electron chi connectivity index (χ4n) is 1.08. The Morgan fingerprint density at radius 3 is 3.00 bits per heavy atom. The maximum Gasteiger partial charge on any atom is 0.137 e. The van der Waals surface area contributed by atoms with Crippen LogP contribution in [0.5, 0.6) is 0 Å². The zero-order valence-corrected chi connectivity index (χ0v) is 6.60. The van der Waals surface area contributed by atoms with Gasteiger partial charge in [-0.15, -0.1) is 4.73 Å². The zero-order chi connectivity index (χ0) is 8.39. The number of fused-ring (bicyclic) bond motifs is 1. The third kappa shape index (κ3) is 1.02. The summed E-state index contributed by atoms with van der Waals surface area (Å²) in [6, 6.07) is 7.65. The molecule has 0 saturated heterocycles. The van der Waals surface area contributed by atoms with E-state index in [1.54, 1.807) is 6.33 Å². The number of nitrogens with zero attached hydrogens (tertiary/aromatic N) is 2. The van der Waals surface area contributed by atoms with E-state index in [1.807, 2.05) is 24.3 Å². The SMILES string of the molecule is COOn1cnc2ccccc21. The van der Waals surface area contributed by atoms with Crippen molar-refractivity contribution in [1.29, 1.82) is 0 Å². The van der Waals surface area contributed by atoms with E-state index < -0.39 is 0 Å². The molecule has 0 radical (unpaired) electrons. The highest BCUT2D eigenvalue weighted by molar-refractivity contribution is 5.74. The third-order valence-corrected chi connectivity index (χ3v) is 1.58. The molecule has 0 N–H and O–H groups in total. The summed E-state index contributed by atoms with van der Waals surface area (Å²) in [4.78, 5) is 13.4. The molecule has 0 aliphatic rings. The molecule has 0 aliphatic heterocycles. The van der Waals surface area contributed by atoms with E-state index in [0.29, 0.717) is 0 Å². The van der Waals surface area contributed by atoms with Crippen LogP contribution < -0.4 is 4.99 Å². The second kappa shape index (κ2) is 2.83. The van der Waals surface area contributed by atoms with E-state index in [1.165, 1.54) is 11.8 Å². The van der Waals surface area contributed by atoms with Gasteiger partial charge in [-0.2, -0.15) is 4.89 Å². The summed E-state index contributed by atoms with van der Waals surface area (Å²) in [6.07, 6.45) is 1.56. The van der Waals surface area contributed by atoms with Gasteiger partial charge in [0.2, 0.25) is 0 Å². The molecule has 0 unspecified atom stereocenters. The third-order valence-electron chi connectivity index (χ3n) is 1.58. The first-order valence-electron chi connectivity index (χ1n) is 3.55. The second-order valence-corrected chi connectivity index (χ2v) is 2.30. The molecule has 4 nitrogen and oxygen atoms in total. The van der Waals surface area contributed by atoms with Crippen LogP contribution in [0.4, 0.5) is 0 Å². The number of rotatable bonds is 2. The van der Waals surface area contributed by atoms with Crippen molar-refractivity contribution in [3.63, 3.8) is 0 Å². The number of imidazole rings is 1. The molecule has 4 heteroatoms. The molecule has 1 aromatic carbocycles. The molecule has 0 bridgehead atoms. The largest absolute Gasteiger partial charge is 0.238 e. The van der Waals surface area contributed by atoms with Gasteiger partial charge in [-0.25, -0.2) is 9.97 Å². The van der Waals surface area contributed by atoms with Gasteiger partial charge >= 0.3 is 0 Å². The Labute approximate surface area is 69.2 Å². The molecule has 12 heavy (non-hydrogen) atoms. The van der Waals surface area contributed by atoms with E-state index in [4.69, 9.17) is 4.99 Å². The van der Waals surface area contributed by atoms with Crippen LogP contribution in [-0.2, 0) is 4.89 Å². The topological polar surface area (TPSA) is 36.3 Å². The number of hydrogen-bond donors (Lipinski definition) is 0. The van der Waals surface area contributed by atoms with Crippen LogP contribution >= 0.6 is 0 Å². The fraction of sp³-hybridized carbons (Fsp3) is 0.125. The van der Waals surface area contributed by atoms with Crippen molar-refractivity contribution in [2.45, 2.75) is 0 Å². The Morgan fingerprint density at radius 1 is 1.33 bits per heavy atom. The summed E-state index contributed by atoms with van der Waals surface area (Å²) in [6.45, 7) is 0. The van der Waals surface area contributed by atoms with Gasteiger partial charge in [0.05, 0.1) is 12.6 Å². The lowest BCUT2D eigenvalue weighted by Crippen LogP contribution is -2.07. The van der Waals surface area contributed by atoms with E-state index in [0.717, 1.165) is 11.0 Å². The molecule has 0 fully saturated rings. The molecule has 2 aromatic rings. The van der Waals surface area contributed by atoms with Gasteiger partial charge in [-0.1, -0.05) is 12.1 Å². The monoisotopic (exact) mass is 164 g/mol. The molecule has 2 rings (SSSR count). The highest BCUT2D eigenvalue weighted by Crippen LogP contribution is 2.09. The summed E-state index contributed by atoms with van der Waals surface area (Å²) in [7, 11) is 1.45. The first-order valence-corrected chi connectivity index (χ1v) is 3.55. The van der Waals surface area contributed by atoms with E-state index >= 15 is 0 Å². The van der Waals surface area contributed by atoms with Crippen molar-refractivity contribution in [3.8, 4) is 0 Å². The van der Waals surface area contributed by atoms with Crippen LogP contribution in [0.2, 0.25) is 0 Å². The number of hydrogen-bond acceptors (Lipinski definition) is 3. The van der Waals surface area contributed by atoms with Crippen molar-refractivity contribution in [1.82, 2.24) is 9.71 Å². The number of benzene rings is 1. The Morgan fingerprint density at radius 2 is 2.17 bits per heavy atom. The van der Waals surface area contributed by atoms with Crippen molar-refractivity contribution in [2.75, 3.05) is 7.11 Å². The number of para-hydroxylation sites is 2. The van der Waals surface area contributed by atoms with Gasteiger partial charge < -0.3 is 0 Å². The van der Waals surface area contributed by atoms with Crippen LogP contribution in [0.25, 0.3) is 11.0 Å². The molecule has 1 heterocycles. The molecule has 62 valence electrons. The van der Waals surface area contributed by atoms with E-state index in [2.05, 4.69) is 9.87 Å². The van der Waals surface area contributed by atoms with Crippen LogP contribution in [-0.4, -0.2) is 16.8 Å². The highest BCUT2D eigenvalue weighted by atomic mass is 17.3. The van der Waals surface area contributed by atoms with Gasteiger partial charge in [0, 0.05) is 0 Å². The standard InChI is InChI=1S/C8H8N2O2/c1-11-12-10-6-9-7-4-2-3-5-8(7)10/h2-6H,1H3. The highest BCUT2D eigenvalue weighted by Gasteiger charge is 2.00. The molecule has 0 atom stereocenters. The Hall–Kier alpha value is -1.55. The minimum atomic E-state index is 0.884. The molecule has 0 amide bonds. The molecular formula is C8H8N2O2. The maximum absolute atomic E-state index is 4.81. The smallest absolute Gasteiger partial charge is 0.137 e. The zero-order valence-electron chi connectivity index (χ0n) is 6.60. The first-order chi connectivity index (χ1) is 5.92. The summed E-state index contributed by atoms with van der Waals surface area (Å²) < 4.78 is 1.47. The average molecular weight is 164 g/mol. The van der Waals surface area contributed by atoms with Crippen LogP contribution in [0.3, 0.4) is 0 Å². The predicted molar refractivity (Wildman–Crippen MR) is 43.3 cm³/mol. The van der Waals surface area contributed by atoms with E-state index in [-0.39, 0.29) is 0 Å². The molecule has 1 aromatic heterocycles. The quantitative estimate of drug-likeness (QED) is 0.491. The summed E-state index contributed by atoms with van der Waals surface area (Å²) >= 11 is 0. The van der Waals surface area contributed by atoms with Gasteiger partial charge in [-0.3, -0.25) is 0 Å². The first kappa shape index (κ1) is 7.12. The van der Waals surface area contributed by atoms with E-state index in [9.17, 15) is 0 Å². The lowest BCUT2D eigenvalue weighted by Gasteiger charge is -1.99. The lowest BCUT2D eigenvalue weighted by atomic mass is 10.3. The Bertz CT molecular complexity index is 383. The van der Waals surface area contributed by atoms with Gasteiger partial charge in [0.15, 0.2) is 0 Å². The Kier molecular flexibility index (Phi) is 1.68. The molecular weight excluding hydrogens is 156 g/mol. The fourth-order valence-corrected chi connectivity index (χ4v) is 1.08. The van der Waals surface area contributed by atoms with Crippen LogP contribution in [0.1, 0.15) is 0 Å². The summed E-state index contributed by atoms with van der Waals surface area (Å²) in [5.41, 5.74) is 1.77. The normalized spacial score (nSPS) is 10.4. The lowest BCUT2D eigenvalue weighted by molar-refractivity contribution is -0.268. The maximum atomic E-state index is 4.81. The summed E-state index contributed by atoms with van der Waals surface area (Å²) in [5.74, 6) is 0. The van der Waals surface area contributed by atoms with Crippen molar-refractivity contribution >= 4 is 11.0 Å². The van der Waals surface area contributed by atoms with Crippen molar-refractivity contribution in [3.05, 3.63) is 30.6 Å². The van der Waals surface area contributed by atoms with Gasteiger partial charge in [0.25, 0.3) is 0 Å². The van der Waals surface area contributed by atoms with Crippen molar-refractivity contribution in [2.24, 2.45) is 0 Å². The molecule has 0 aliphatic carbocycles. The Balaban J connectivity index is 2.55. The number of aromatic nitrogens is 2. The predicted octanol–water partition coefficient (Wildman–Crippen LogP) is 1.03.